The molecule has 0 unspecified atom stereocenters. The third kappa shape index (κ3) is 9.08. The average molecular weight is 661 g/mol. The van der Waals surface area contributed by atoms with Crippen LogP contribution in [0.2, 0.25) is 0 Å². The largest absolute Gasteiger partial charge is 0.573 e. The third-order valence-electron chi connectivity index (χ3n) is 9.89. The van der Waals surface area contributed by atoms with Crippen LogP contribution in [0.3, 0.4) is 0 Å². The Morgan fingerprint density at radius 2 is 1.41 bits per heavy atom. The van der Waals surface area contributed by atoms with Gasteiger partial charge in [-0.1, -0.05) is 38.3 Å². The van der Waals surface area contributed by atoms with Crippen LogP contribution in [-0.2, 0) is 9.47 Å². The van der Waals surface area contributed by atoms with Crippen molar-refractivity contribution in [2.24, 2.45) is 17.8 Å². The van der Waals surface area contributed by atoms with E-state index in [9.17, 15) is 26.3 Å². The zero-order valence-corrected chi connectivity index (χ0v) is 26.1. The van der Waals surface area contributed by atoms with Gasteiger partial charge in [0.15, 0.2) is 17.9 Å². The lowest BCUT2D eigenvalue weighted by molar-refractivity contribution is -0.275. The standard InChI is InChI=1S/C35H43F7O4/c1-2-3-4-5-22-20-43-33(44-21-22)25-8-6-23(7-9-25)26-12-16-29(30(36)18-26)24-10-13-27(14-11-24)34(38,39)45-28-15-17-32(31(37)19-28)46-35(40,41)42/h12,15-19,22-25,27,33H,2-11,13-14,20-21H2,1H3. The van der Waals surface area contributed by atoms with E-state index in [1.54, 1.807) is 12.1 Å². The molecule has 4 nitrogen and oxygen atoms in total. The summed E-state index contributed by atoms with van der Waals surface area (Å²) in [5.41, 5.74) is 1.47. The molecule has 0 spiro atoms. The molecular weight excluding hydrogens is 617 g/mol. The molecule has 256 valence electrons. The van der Waals surface area contributed by atoms with Gasteiger partial charge in [0.1, 0.15) is 11.6 Å². The second-order valence-electron chi connectivity index (χ2n) is 13.1. The highest BCUT2D eigenvalue weighted by molar-refractivity contribution is 5.34. The van der Waals surface area contributed by atoms with Crippen molar-refractivity contribution in [2.75, 3.05) is 13.2 Å². The van der Waals surface area contributed by atoms with Gasteiger partial charge in [0.05, 0.1) is 19.1 Å². The number of hydrogen-bond donors (Lipinski definition) is 0. The van der Waals surface area contributed by atoms with Crippen molar-refractivity contribution in [1.82, 2.24) is 0 Å². The van der Waals surface area contributed by atoms with Gasteiger partial charge in [-0.15, -0.1) is 13.2 Å². The minimum absolute atomic E-state index is 0.0470. The van der Waals surface area contributed by atoms with E-state index in [-0.39, 0.29) is 36.8 Å². The van der Waals surface area contributed by atoms with Gasteiger partial charge < -0.3 is 18.9 Å². The zero-order chi connectivity index (χ0) is 32.9. The smallest absolute Gasteiger partial charge is 0.432 e. The van der Waals surface area contributed by atoms with Crippen molar-refractivity contribution < 1.29 is 49.7 Å². The Morgan fingerprint density at radius 1 is 0.739 bits per heavy atom. The summed E-state index contributed by atoms with van der Waals surface area (Å²) in [4.78, 5) is 0. The predicted molar refractivity (Wildman–Crippen MR) is 158 cm³/mol. The quantitative estimate of drug-likeness (QED) is 0.178. The first-order valence-corrected chi connectivity index (χ1v) is 16.6. The van der Waals surface area contributed by atoms with Gasteiger partial charge in [-0.3, -0.25) is 0 Å². The maximum absolute atomic E-state index is 15.4. The minimum atomic E-state index is -5.12. The molecule has 0 atom stereocenters. The van der Waals surface area contributed by atoms with Gasteiger partial charge in [-0.05, 0) is 98.9 Å². The first-order chi connectivity index (χ1) is 21.9. The molecule has 2 aromatic rings. The summed E-state index contributed by atoms with van der Waals surface area (Å²) in [6.07, 6.45) is 0.321. The summed E-state index contributed by atoms with van der Waals surface area (Å²) in [5.74, 6) is -3.91. The van der Waals surface area contributed by atoms with Crippen LogP contribution in [0.4, 0.5) is 30.7 Å². The van der Waals surface area contributed by atoms with Gasteiger partial charge in [-0.25, -0.2) is 8.78 Å². The molecular formula is C35H43F7O4. The zero-order valence-electron chi connectivity index (χ0n) is 26.1. The molecule has 1 heterocycles. The Bertz CT molecular complexity index is 1260. The third-order valence-corrected chi connectivity index (χ3v) is 9.89. The van der Waals surface area contributed by atoms with E-state index >= 15 is 4.39 Å². The highest BCUT2D eigenvalue weighted by Crippen LogP contribution is 2.45. The molecule has 3 aliphatic rings. The van der Waals surface area contributed by atoms with E-state index in [4.69, 9.17) is 14.2 Å². The second-order valence-corrected chi connectivity index (χ2v) is 13.1. The molecule has 2 aromatic carbocycles. The lowest BCUT2D eigenvalue weighted by Gasteiger charge is -2.38. The van der Waals surface area contributed by atoms with Gasteiger partial charge in [0, 0.05) is 17.9 Å². The number of unbranched alkanes of at least 4 members (excludes halogenated alkanes) is 2. The molecule has 2 aliphatic carbocycles. The van der Waals surface area contributed by atoms with Gasteiger partial charge >= 0.3 is 12.5 Å². The summed E-state index contributed by atoms with van der Waals surface area (Å²) in [5, 5.41) is 0. The summed E-state index contributed by atoms with van der Waals surface area (Å²) in [6, 6.07) is 7.17. The number of halogens is 7. The molecule has 2 saturated carbocycles. The summed E-state index contributed by atoms with van der Waals surface area (Å²) >= 11 is 0. The molecule has 0 bridgehead atoms. The maximum Gasteiger partial charge on any atom is 0.573 e. The molecule has 0 N–H and O–H groups in total. The van der Waals surface area contributed by atoms with Gasteiger partial charge in [0.2, 0.25) is 0 Å². The van der Waals surface area contributed by atoms with E-state index in [0.29, 0.717) is 42.4 Å². The van der Waals surface area contributed by atoms with Crippen LogP contribution in [0.5, 0.6) is 11.5 Å². The van der Waals surface area contributed by atoms with Crippen molar-refractivity contribution in [1.29, 1.82) is 0 Å². The Morgan fingerprint density at radius 3 is 2.02 bits per heavy atom. The second kappa shape index (κ2) is 15.1. The number of benzene rings is 2. The highest BCUT2D eigenvalue weighted by atomic mass is 19.4. The predicted octanol–water partition coefficient (Wildman–Crippen LogP) is 10.7. The summed E-state index contributed by atoms with van der Waals surface area (Å²) in [7, 11) is 0. The minimum Gasteiger partial charge on any atom is -0.432 e. The van der Waals surface area contributed by atoms with Crippen LogP contribution < -0.4 is 9.47 Å². The van der Waals surface area contributed by atoms with Crippen molar-refractivity contribution in [3.05, 3.63) is 59.2 Å². The first-order valence-electron chi connectivity index (χ1n) is 16.6. The fourth-order valence-corrected chi connectivity index (χ4v) is 7.27. The number of ether oxygens (including phenoxy) is 4. The Balaban J connectivity index is 1.08. The van der Waals surface area contributed by atoms with Crippen LogP contribution >= 0.6 is 0 Å². The van der Waals surface area contributed by atoms with Crippen molar-refractivity contribution >= 4 is 0 Å². The van der Waals surface area contributed by atoms with E-state index in [1.165, 1.54) is 19.3 Å². The number of hydrogen-bond acceptors (Lipinski definition) is 4. The highest BCUT2D eigenvalue weighted by Gasteiger charge is 2.45. The number of alkyl halides is 5. The molecule has 11 heteroatoms. The topological polar surface area (TPSA) is 36.9 Å². The van der Waals surface area contributed by atoms with E-state index in [2.05, 4.69) is 11.7 Å². The number of rotatable bonds is 11. The van der Waals surface area contributed by atoms with Crippen LogP contribution in [0.15, 0.2) is 36.4 Å². The summed E-state index contributed by atoms with van der Waals surface area (Å²) in [6.45, 7) is 3.71. The molecule has 5 rings (SSSR count). The Kier molecular flexibility index (Phi) is 11.4. The molecule has 0 aromatic heterocycles. The van der Waals surface area contributed by atoms with Crippen molar-refractivity contribution in [3.8, 4) is 11.5 Å². The Hall–Kier alpha value is -2.53. The molecule has 3 fully saturated rings. The fraction of sp³-hybridized carbons (Fsp3) is 0.657. The van der Waals surface area contributed by atoms with Crippen LogP contribution in [0.1, 0.15) is 107 Å². The van der Waals surface area contributed by atoms with E-state index in [1.807, 2.05) is 6.07 Å². The van der Waals surface area contributed by atoms with Crippen molar-refractivity contribution in [2.45, 2.75) is 115 Å². The molecule has 0 amide bonds. The summed E-state index contributed by atoms with van der Waals surface area (Å²) < 4.78 is 117. The maximum atomic E-state index is 15.4. The Labute approximate surface area is 265 Å². The molecule has 1 aliphatic heterocycles. The SMILES string of the molecule is CCCCCC1COC(C2CCC(c3ccc(C4CCC(C(F)(F)Oc5ccc(OC(F)(F)F)c(F)c5)CC4)c(F)c3)CC2)OC1. The van der Waals surface area contributed by atoms with Crippen LogP contribution in [0, 0.1) is 29.4 Å². The molecule has 0 radical (unpaired) electrons. The van der Waals surface area contributed by atoms with Crippen LogP contribution in [0.25, 0.3) is 0 Å². The van der Waals surface area contributed by atoms with E-state index < -0.39 is 35.7 Å². The van der Waals surface area contributed by atoms with Crippen LogP contribution in [-0.4, -0.2) is 32.0 Å². The first kappa shape index (κ1) is 34.8. The van der Waals surface area contributed by atoms with Gasteiger partial charge in [0.25, 0.3) is 0 Å². The lowest BCUT2D eigenvalue weighted by Crippen LogP contribution is -2.38. The molecule has 1 saturated heterocycles. The lowest BCUT2D eigenvalue weighted by atomic mass is 9.76. The van der Waals surface area contributed by atoms with Gasteiger partial charge in [-0.2, -0.15) is 8.78 Å². The fourth-order valence-electron chi connectivity index (χ4n) is 7.27. The van der Waals surface area contributed by atoms with Crippen molar-refractivity contribution in [3.63, 3.8) is 0 Å². The monoisotopic (exact) mass is 660 g/mol. The van der Waals surface area contributed by atoms with E-state index in [0.717, 1.165) is 56.9 Å². The average Bonchev–Trinajstić information content (AvgIpc) is 3.02. The molecule has 46 heavy (non-hydrogen) atoms. The normalized spacial score (nSPS) is 27.7.